The van der Waals surface area contributed by atoms with Crippen LogP contribution in [0.3, 0.4) is 0 Å². The summed E-state index contributed by atoms with van der Waals surface area (Å²) in [7, 11) is -3.90. The molecule has 0 spiro atoms. The second kappa shape index (κ2) is 5.88. The third-order valence-electron chi connectivity index (χ3n) is 3.29. The highest BCUT2D eigenvalue weighted by atomic mass is 32.2. The van der Waals surface area contributed by atoms with E-state index >= 15 is 0 Å². The summed E-state index contributed by atoms with van der Waals surface area (Å²) in [5.41, 5.74) is 0.371. The number of rotatable bonds is 3. The van der Waals surface area contributed by atoms with Gasteiger partial charge in [0.25, 0.3) is 0 Å². The molecular formula is C13H17FN2O3S. The number of aryl methyl sites for hydroxylation is 1. The Balaban J connectivity index is 2.21. The Kier molecular flexibility index (Phi) is 4.39. The average Bonchev–Trinajstić information content (AvgIpc) is 2.58. The lowest BCUT2D eigenvalue weighted by Gasteiger charge is -2.15. The Morgan fingerprint density at radius 3 is 2.80 bits per heavy atom. The largest absolute Gasteiger partial charge is 0.355 e. The zero-order valence-corrected chi connectivity index (χ0v) is 12.0. The molecule has 0 aliphatic carbocycles. The molecule has 0 aromatic heterocycles. The van der Waals surface area contributed by atoms with Crippen LogP contribution in [0.2, 0.25) is 0 Å². The maximum Gasteiger partial charge on any atom is 0.241 e. The second-order valence-corrected chi connectivity index (χ2v) is 6.59. The molecule has 110 valence electrons. The van der Waals surface area contributed by atoms with Gasteiger partial charge >= 0.3 is 0 Å². The molecule has 20 heavy (non-hydrogen) atoms. The van der Waals surface area contributed by atoms with E-state index in [-0.39, 0.29) is 10.8 Å². The van der Waals surface area contributed by atoms with Gasteiger partial charge in [-0.25, -0.2) is 12.8 Å². The molecule has 0 bridgehead atoms. The van der Waals surface area contributed by atoms with Crippen molar-refractivity contribution in [3.63, 3.8) is 0 Å². The Labute approximate surface area is 117 Å². The fourth-order valence-corrected chi connectivity index (χ4v) is 3.29. The Bertz CT molecular complexity index is 616. The Hall–Kier alpha value is -1.47. The van der Waals surface area contributed by atoms with E-state index in [1.807, 2.05) is 0 Å². The molecule has 2 rings (SSSR count). The normalized spacial score (nSPS) is 20.3. The number of carbonyl (C=O) groups is 1. The molecule has 2 N–H and O–H groups in total. The topological polar surface area (TPSA) is 75.3 Å². The van der Waals surface area contributed by atoms with Crippen LogP contribution >= 0.6 is 0 Å². The number of amides is 1. The summed E-state index contributed by atoms with van der Waals surface area (Å²) in [4.78, 5) is 11.6. The van der Waals surface area contributed by atoms with Crippen LogP contribution in [-0.4, -0.2) is 26.9 Å². The van der Waals surface area contributed by atoms with Crippen molar-refractivity contribution in [3.8, 4) is 0 Å². The second-order valence-electron chi connectivity index (χ2n) is 4.87. The minimum absolute atomic E-state index is 0.169. The third-order valence-corrected chi connectivity index (χ3v) is 4.76. The molecule has 1 aliphatic heterocycles. The Morgan fingerprint density at radius 2 is 2.10 bits per heavy atom. The molecule has 1 aromatic rings. The van der Waals surface area contributed by atoms with Crippen molar-refractivity contribution >= 4 is 15.9 Å². The average molecular weight is 300 g/mol. The predicted molar refractivity (Wildman–Crippen MR) is 72.1 cm³/mol. The number of hydrogen-bond acceptors (Lipinski definition) is 3. The number of halogens is 1. The van der Waals surface area contributed by atoms with Crippen LogP contribution in [0.5, 0.6) is 0 Å². The highest BCUT2D eigenvalue weighted by Crippen LogP contribution is 2.16. The maximum atomic E-state index is 13.5. The number of benzene rings is 1. The SMILES string of the molecule is Cc1ccc(S(=O)(=O)NC2CCCCNC2=O)cc1F. The van der Waals surface area contributed by atoms with E-state index in [0.717, 1.165) is 18.9 Å². The highest BCUT2D eigenvalue weighted by molar-refractivity contribution is 7.89. The predicted octanol–water partition coefficient (Wildman–Crippen LogP) is 1.08. The number of carbonyl (C=O) groups excluding carboxylic acids is 1. The van der Waals surface area contributed by atoms with Gasteiger partial charge < -0.3 is 5.32 Å². The van der Waals surface area contributed by atoms with Crippen molar-refractivity contribution < 1.29 is 17.6 Å². The van der Waals surface area contributed by atoms with E-state index in [1.54, 1.807) is 6.92 Å². The molecule has 1 heterocycles. The lowest BCUT2D eigenvalue weighted by atomic mass is 10.1. The van der Waals surface area contributed by atoms with Gasteiger partial charge in [-0.1, -0.05) is 6.07 Å². The summed E-state index contributed by atoms with van der Waals surface area (Å²) in [6.07, 6.45) is 2.02. The molecule has 1 atom stereocenters. The molecule has 1 aromatic carbocycles. The maximum absolute atomic E-state index is 13.5. The van der Waals surface area contributed by atoms with Crippen LogP contribution in [0.15, 0.2) is 23.1 Å². The molecule has 7 heteroatoms. The number of hydrogen-bond donors (Lipinski definition) is 2. The highest BCUT2D eigenvalue weighted by Gasteiger charge is 2.27. The molecular weight excluding hydrogens is 283 g/mol. The van der Waals surface area contributed by atoms with E-state index in [0.29, 0.717) is 18.5 Å². The van der Waals surface area contributed by atoms with Gasteiger partial charge in [-0.2, -0.15) is 4.72 Å². The first-order valence-electron chi connectivity index (χ1n) is 6.46. The number of nitrogens with one attached hydrogen (secondary N) is 2. The first-order valence-corrected chi connectivity index (χ1v) is 7.95. The van der Waals surface area contributed by atoms with Gasteiger partial charge in [-0.15, -0.1) is 0 Å². The quantitative estimate of drug-likeness (QED) is 0.877. The molecule has 1 aliphatic rings. The smallest absolute Gasteiger partial charge is 0.241 e. The van der Waals surface area contributed by atoms with E-state index in [1.165, 1.54) is 12.1 Å². The van der Waals surface area contributed by atoms with Gasteiger partial charge in [-0.05, 0) is 43.9 Å². The standard InChI is InChI=1S/C13H17FN2O3S/c1-9-5-6-10(8-11(9)14)20(18,19)16-12-4-2-3-7-15-13(12)17/h5-6,8,12,16H,2-4,7H2,1H3,(H,15,17). The van der Waals surface area contributed by atoms with Crippen LogP contribution in [0.25, 0.3) is 0 Å². The third kappa shape index (κ3) is 3.34. The lowest BCUT2D eigenvalue weighted by molar-refractivity contribution is -0.122. The van der Waals surface area contributed by atoms with Gasteiger partial charge in [0.15, 0.2) is 0 Å². The van der Waals surface area contributed by atoms with Crippen molar-refractivity contribution in [3.05, 3.63) is 29.6 Å². The van der Waals surface area contributed by atoms with E-state index < -0.39 is 21.9 Å². The molecule has 1 fully saturated rings. The minimum Gasteiger partial charge on any atom is -0.355 e. The van der Waals surface area contributed by atoms with Crippen molar-refractivity contribution in [1.82, 2.24) is 10.0 Å². The van der Waals surface area contributed by atoms with Gasteiger partial charge in [0.2, 0.25) is 15.9 Å². The monoisotopic (exact) mass is 300 g/mol. The van der Waals surface area contributed by atoms with Crippen LogP contribution in [0, 0.1) is 12.7 Å². The van der Waals surface area contributed by atoms with Gasteiger partial charge in [0, 0.05) is 6.54 Å². The molecule has 0 radical (unpaired) electrons. The molecule has 1 unspecified atom stereocenters. The summed E-state index contributed by atoms with van der Waals surface area (Å²) in [5.74, 6) is -0.920. The van der Waals surface area contributed by atoms with E-state index in [4.69, 9.17) is 0 Å². The number of sulfonamides is 1. The van der Waals surface area contributed by atoms with Crippen molar-refractivity contribution in [2.45, 2.75) is 37.1 Å². The first kappa shape index (κ1) is 14.9. The van der Waals surface area contributed by atoms with E-state index in [9.17, 15) is 17.6 Å². The van der Waals surface area contributed by atoms with Gasteiger partial charge in [0.05, 0.1) is 4.90 Å². The Morgan fingerprint density at radius 1 is 1.35 bits per heavy atom. The lowest BCUT2D eigenvalue weighted by Crippen LogP contribution is -2.45. The summed E-state index contributed by atoms with van der Waals surface area (Å²) in [6.45, 7) is 2.11. The van der Waals surface area contributed by atoms with Gasteiger partial charge in [0.1, 0.15) is 11.9 Å². The van der Waals surface area contributed by atoms with Crippen LogP contribution in [0.1, 0.15) is 24.8 Å². The van der Waals surface area contributed by atoms with Crippen molar-refractivity contribution in [1.29, 1.82) is 0 Å². The zero-order valence-electron chi connectivity index (χ0n) is 11.1. The van der Waals surface area contributed by atoms with Crippen LogP contribution in [0.4, 0.5) is 4.39 Å². The first-order chi connectivity index (χ1) is 9.40. The molecule has 1 amide bonds. The molecule has 1 saturated heterocycles. The fraction of sp³-hybridized carbons (Fsp3) is 0.462. The molecule has 0 saturated carbocycles. The molecule has 5 nitrogen and oxygen atoms in total. The van der Waals surface area contributed by atoms with Crippen molar-refractivity contribution in [2.24, 2.45) is 0 Å². The fourth-order valence-electron chi connectivity index (χ4n) is 2.05. The summed E-state index contributed by atoms with van der Waals surface area (Å²) >= 11 is 0. The van der Waals surface area contributed by atoms with Crippen molar-refractivity contribution in [2.75, 3.05) is 6.54 Å². The minimum atomic E-state index is -3.90. The summed E-state index contributed by atoms with van der Waals surface area (Å²) in [5, 5.41) is 2.65. The van der Waals surface area contributed by atoms with Crippen LogP contribution in [-0.2, 0) is 14.8 Å². The summed E-state index contributed by atoms with van der Waals surface area (Å²) in [6, 6.07) is 2.89. The van der Waals surface area contributed by atoms with Gasteiger partial charge in [-0.3, -0.25) is 4.79 Å². The summed E-state index contributed by atoms with van der Waals surface area (Å²) < 4.78 is 40.1. The van der Waals surface area contributed by atoms with E-state index in [2.05, 4.69) is 10.0 Å². The zero-order chi connectivity index (χ0) is 14.8. The van der Waals surface area contributed by atoms with Crippen LogP contribution < -0.4 is 10.0 Å².